The Kier molecular flexibility index (Phi) is 12.6. The van der Waals surface area contributed by atoms with Crippen LogP contribution in [0.5, 0.6) is 0 Å². The number of carboxylic acid groups (broad SMARTS) is 2. The van der Waals surface area contributed by atoms with Crippen LogP contribution in [0.15, 0.2) is 0 Å². The minimum Gasteiger partial charge on any atom is -0.481 e. The molecule has 0 radical (unpaired) electrons. The van der Waals surface area contributed by atoms with Crippen molar-refractivity contribution in [2.24, 2.45) is 11.5 Å². The number of aliphatic carboxylic acids is 2. The van der Waals surface area contributed by atoms with E-state index in [2.05, 4.69) is 28.6 Å². The van der Waals surface area contributed by atoms with Crippen LogP contribution < -0.4 is 27.4 Å². The summed E-state index contributed by atoms with van der Waals surface area (Å²) >= 11 is 3.85. The zero-order valence-corrected chi connectivity index (χ0v) is 16.1. The number of carbonyl (C=O) groups excluding carboxylic acids is 3. The minimum absolute atomic E-state index is 0.137. The zero-order valence-electron chi connectivity index (χ0n) is 15.2. The summed E-state index contributed by atoms with van der Waals surface area (Å²) in [5.41, 5.74) is 10.6. The fourth-order valence-electron chi connectivity index (χ4n) is 2.13. The lowest BCUT2D eigenvalue weighted by atomic mass is 10.1. The van der Waals surface area contributed by atoms with Crippen molar-refractivity contribution in [3.63, 3.8) is 0 Å². The van der Waals surface area contributed by atoms with Gasteiger partial charge < -0.3 is 37.6 Å². The number of rotatable bonds is 14. The standard InChI is InChI=1S/C15H27N5O7S/c16-4-2-1-3-8(13(24)20-10(7-28)15(26)27)19-14(25)9(5-12(22)23)18-11(21)6-17/h8-10,28H,1-7,16-17H2,(H,18,21)(H,19,25)(H,20,24)(H,22,23)(H,26,27). The van der Waals surface area contributed by atoms with Gasteiger partial charge in [-0.15, -0.1) is 0 Å². The molecule has 0 heterocycles. The molecule has 0 saturated heterocycles. The lowest BCUT2D eigenvalue weighted by Gasteiger charge is -2.23. The number of carboxylic acids is 2. The Labute approximate surface area is 167 Å². The maximum atomic E-state index is 12.4. The van der Waals surface area contributed by atoms with Crippen molar-refractivity contribution in [1.82, 2.24) is 16.0 Å². The molecule has 28 heavy (non-hydrogen) atoms. The van der Waals surface area contributed by atoms with Gasteiger partial charge in [-0.25, -0.2) is 4.79 Å². The predicted molar refractivity (Wildman–Crippen MR) is 101 cm³/mol. The molecule has 9 N–H and O–H groups in total. The number of amides is 3. The molecule has 0 aliphatic carbocycles. The van der Waals surface area contributed by atoms with E-state index in [0.29, 0.717) is 19.4 Å². The first kappa shape index (κ1) is 25.6. The number of thiol groups is 1. The van der Waals surface area contributed by atoms with Gasteiger partial charge in [-0.05, 0) is 25.8 Å². The van der Waals surface area contributed by atoms with E-state index in [1.165, 1.54) is 0 Å². The summed E-state index contributed by atoms with van der Waals surface area (Å²) in [6, 6.07) is -3.86. The molecule has 0 spiro atoms. The maximum Gasteiger partial charge on any atom is 0.327 e. The van der Waals surface area contributed by atoms with Crippen LogP contribution in [0.4, 0.5) is 0 Å². The average Bonchev–Trinajstić information content (AvgIpc) is 2.63. The van der Waals surface area contributed by atoms with Gasteiger partial charge in [0.2, 0.25) is 17.7 Å². The van der Waals surface area contributed by atoms with E-state index in [-0.39, 0.29) is 12.2 Å². The molecule has 0 saturated carbocycles. The number of unbranched alkanes of at least 4 members (excludes halogenated alkanes) is 1. The third-order valence-electron chi connectivity index (χ3n) is 3.59. The molecule has 0 bridgehead atoms. The minimum atomic E-state index is -1.45. The Morgan fingerprint density at radius 2 is 1.43 bits per heavy atom. The van der Waals surface area contributed by atoms with Crippen molar-refractivity contribution in [3.05, 3.63) is 0 Å². The van der Waals surface area contributed by atoms with Crippen LogP contribution >= 0.6 is 12.6 Å². The van der Waals surface area contributed by atoms with Crippen LogP contribution in [-0.2, 0) is 24.0 Å². The lowest BCUT2D eigenvalue weighted by molar-refractivity contribution is -0.142. The second kappa shape index (κ2) is 13.7. The Hall–Kier alpha value is -2.38. The summed E-state index contributed by atoms with van der Waals surface area (Å²) in [6.45, 7) is -0.100. The van der Waals surface area contributed by atoms with Crippen molar-refractivity contribution >= 4 is 42.3 Å². The Morgan fingerprint density at radius 3 is 1.89 bits per heavy atom. The zero-order chi connectivity index (χ0) is 21.7. The fourth-order valence-corrected chi connectivity index (χ4v) is 2.38. The molecule has 0 aromatic carbocycles. The highest BCUT2D eigenvalue weighted by molar-refractivity contribution is 7.80. The molecule has 3 unspecified atom stereocenters. The van der Waals surface area contributed by atoms with Crippen LogP contribution in [0.1, 0.15) is 25.7 Å². The van der Waals surface area contributed by atoms with Crippen molar-refractivity contribution in [2.75, 3.05) is 18.8 Å². The largest absolute Gasteiger partial charge is 0.481 e. The van der Waals surface area contributed by atoms with Crippen molar-refractivity contribution < 1.29 is 34.2 Å². The van der Waals surface area contributed by atoms with Crippen LogP contribution in [-0.4, -0.2) is 76.8 Å². The third-order valence-corrected chi connectivity index (χ3v) is 3.96. The number of nitrogens with two attached hydrogens (primary N) is 2. The van der Waals surface area contributed by atoms with Gasteiger partial charge in [-0.2, -0.15) is 12.6 Å². The van der Waals surface area contributed by atoms with Gasteiger partial charge in [-0.3, -0.25) is 19.2 Å². The summed E-state index contributed by atoms with van der Waals surface area (Å²) in [6.07, 6.45) is 0.421. The molecule has 12 nitrogen and oxygen atoms in total. The first-order valence-electron chi connectivity index (χ1n) is 8.51. The molecule has 0 aliphatic rings. The first-order valence-corrected chi connectivity index (χ1v) is 9.15. The van der Waals surface area contributed by atoms with E-state index in [4.69, 9.17) is 21.7 Å². The van der Waals surface area contributed by atoms with Crippen molar-refractivity contribution in [2.45, 2.75) is 43.8 Å². The van der Waals surface area contributed by atoms with Gasteiger partial charge >= 0.3 is 11.9 Å². The monoisotopic (exact) mass is 421 g/mol. The molecule has 0 rings (SSSR count). The number of carbonyl (C=O) groups is 5. The van der Waals surface area contributed by atoms with Gasteiger partial charge in [-0.1, -0.05) is 0 Å². The molecule has 0 aliphatic heterocycles. The average molecular weight is 421 g/mol. The summed E-state index contributed by atoms with van der Waals surface area (Å²) in [5, 5.41) is 24.7. The summed E-state index contributed by atoms with van der Waals surface area (Å²) in [7, 11) is 0. The highest BCUT2D eigenvalue weighted by Gasteiger charge is 2.29. The fraction of sp³-hybridized carbons (Fsp3) is 0.667. The molecule has 3 atom stereocenters. The van der Waals surface area contributed by atoms with Crippen LogP contribution in [0, 0.1) is 0 Å². The third kappa shape index (κ3) is 10.1. The Morgan fingerprint density at radius 1 is 0.857 bits per heavy atom. The summed E-state index contributed by atoms with van der Waals surface area (Å²) in [5.74, 6) is -5.23. The van der Waals surface area contributed by atoms with E-state index in [1.807, 2.05) is 0 Å². The van der Waals surface area contributed by atoms with Gasteiger partial charge in [0, 0.05) is 5.75 Å². The molecule has 3 amide bonds. The van der Waals surface area contributed by atoms with Crippen LogP contribution in [0.25, 0.3) is 0 Å². The van der Waals surface area contributed by atoms with Crippen LogP contribution in [0.3, 0.4) is 0 Å². The van der Waals surface area contributed by atoms with E-state index in [0.717, 1.165) is 0 Å². The number of hydrogen-bond acceptors (Lipinski definition) is 8. The summed E-state index contributed by atoms with van der Waals surface area (Å²) in [4.78, 5) is 58.2. The second-order valence-corrected chi connectivity index (χ2v) is 6.21. The van der Waals surface area contributed by atoms with E-state index in [1.54, 1.807) is 0 Å². The Bertz CT molecular complexity index is 575. The van der Waals surface area contributed by atoms with Gasteiger partial charge in [0.15, 0.2) is 0 Å². The van der Waals surface area contributed by atoms with Gasteiger partial charge in [0.05, 0.1) is 13.0 Å². The SMILES string of the molecule is NCCCCC(NC(=O)C(CC(=O)O)NC(=O)CN)C(=O)NC(CS)C(=O)O. The van der Waals surface area contributed by atoms with E-state index >= 15 is 0 Å². The molecule has 0 aromatic heterocycles. The quantitative estimate of drug-likeness (QED) is 0.106. The topological polar surface area (TPSA) is 214 Å². The number of nitrogens with one attached hydrogen (secondary N) is 3. The smallest absolute Gasteiger partial charge is 0.327 e. The van der Waals surface area contributed by atoms with Crippen molar-refractivity contribution in [3.8, 4) is 0 Å². The molecule has 0 aromatic rings. The first-order chi connectivity index (χ1) is 13.2. The number of hydrogen-bond donors (Lipinski definition) is 8. The van der Waals surface area contributed by atoms with Gasteiger partial charge in [0.1, 0.15) is 18.1 Å². The maximum absolute atomic E-state index is 12.4. The normalized spacial score (nSPS) is 13.7. The van der Waals surface area contributed by atoms with Gasteiger partial charge in [0.25, 0.3) is 0 Å². The second-order valence-electron chi connectivity index (χ2n) is 5.85. The molecule has 13 heteroatoms. The predicted octanol–water partition coefficient (Wildman–Crippen LogP) is -2.98. The van der Waals surface area contributed by atoms with Crippen molar-refractivity contribution in [1.29, 1.82) is 0 Å². The summed E-state index contributed by atoms with van der Waals surface area (Å²) < 4.78 is 0. The van der Waals surface area contributed by atoms with Crippen LogP contribution in [0.2, 0.25) is 0 Å². The lowest BCUT2D eigenvalue weighted by Crippen LogP contribution is -2.56. The molecular formula is C15H27N5O7S. The molecule has 160 valence electrons. The van der Waals surface area contributed by atoms with E-state index in [9.17, 15) is 24.0 Å². The highest BCUT2D eigenvalue weighted by atomic mass is 32.1. The molecule has 0 fully saturated rings. The Balaban J connectivity index is 5.26. The molecular weight excluding hydrogens is 394 g/mol. The van der Waals surface area contributed by atoms with E-state index < -0.39 is 60.8 Å². The highest BCUT2D eigenvalue weighted by Crippen LogP contribution is 2.04.